The van der Waals surface area contributed by atoms with Crippen LogP contribution in [0.3, 0.4) is 0 Å². The van der Waals surface area contributed by atoms with Crippen molar-refractivity contribution in [3.05, 3.63) is 84.7 Å². The molecule has 0 saturated carbocycles. The third-order valence-electron chi connectivity index (χ3n) is 3.72. The molecule has 2 N–H and O–H groups in total. The first-order valence-corrected chi connectivity index (χ1v) is 9.30. The van der Waals surface area contributed by atoms with Gasteiger partial charge in [0.1, 0.15) is 5.25 Å². The molecule has 1 aromatic heterocycles. The molecule has 2 amide bonds. The minimum absolute atomic E-state index is 0.108. The van der Waals surface area contributed by atoms with E-state index < -0.39 is 5.25 Å². The highest BCUT2D eigenvalue weighted by molar-refractivity contribution is 8.00. The molecule has 3 rings (SSSR count). The molecule has 1 unspecified atom stereocenters. The van der Waals surface area contributed by atoms with Gasteiger partial charge in [-0.05, 0) is 42.0 Å². The first-order valence-electron chi connectivity index (χ1n) is 8.42. The summed E-state index contributed by atoms with van der Waals surface area (Å²) in [4.78, 5) is 29.0. The maximum absolute atomic E-state index is 12.9. The maximum atomic E-state index is 12.9. The standard InChI is InChI=1S/C21H19N3O2S/c1-15(25)23-17-7-9-19(10-8-17)27-20(16-5-3-2-4-6-16)21(26)24-18-11-13-22-14-12-18/h2-14,20H,1H3,(H,23,25)(H,22,24,26). The molecule has 6 heteroatoms. The average molecular weight is 377 g/mol. The summed E-state index contributed by atoms with van der Waals surface area (Å²) in [6.45, 7) is 1.47. The summed E-state index contributed by atoms with van der Waals surface area (Å²) in [6, 6.07) is 20.6. The van der Waals surface area contributed by atoms with Gasteiger partial charge in [0.05, 0.1) is 0 Å². The Morgan fingerprint density at radius 3 is 2.11 bits per heavy atom. The summed E-state index contributed by atoms with van der Waals surface area (Å²) in [7, 11) is 0. The van der Waals surface area contributed by atoms with E-state index in [1.165, 1.54) is 18.7 Å². The Bertz CT molecular complexity index is 900. The molecule has 0 aliphatic carbocycles. The summed E-state index contributed by atoms with van der Waals surface area (Å²) >= 11 is 1.46. The van der Waals surface area contributed by atoms with Crippen LogP contribution in [-0.2, 0) is 9.59 Å². The van der Waals surface area contributed by atoms with Gasteiger partial charge in [-0.2, -0.15) is 0 Å². The lowest BCUT2D eigenvalue weighted by Gasteiger charge is -2.17. The van der Waals surface area contributed by atoms with Crippen LogP contribution in [0.1, 0.15) is 17.7 Å². The van der Waals surface area contributed by atoms with Crippen LogP contribution in [0.4, 0.5) is 11.4 Å². The van der Waals surface area contributed by atoms with Crippen LogP contribution in [0.15, 0.2) is 84.0 Å². The lowest BCUT2D eigenvalue weighted by Crippen LogP contribution is -2.19. The van der Waals surface area contributed by atoms with Crippen molar-refractivity contribution in [2.45, 2.75) is 17.1 Å². The van der Waals surface area contributed by atoms with Crippen LogP contribution >= 0.6 is 11.8 Å². The zero-order valence-corrected chi connectivity index (χ0v) is 15.6. The summed E-state index contributed by atoms with van der Waals surface area (Å²) in [5.41, 5.74) is 2.35. The van der Waals surface area contributed by atoms with E-state index >= 15 is 0 Å². The normalized spacial score (nSPS) is 11.4. The molecular weight excluding hydrogens is 358 g/mol. The van der Waals surface area contributed by atoms with Gasteiger partial charge in [0.25, 0.3) is 0 Å². The first-order chi connectivity index (χ1) is 13.1. The van der Waals surface area contributed by atoms with Gasteiger partial charge in [-0.15, -0.1) is 11.8 Å². The molecule has 3 aromatic rings. The van der Waals surface area contributed by atoms with Crippen molar-refractivity contribution in [2.75, 3.05) is 10.6 Å². The Kier molecular flexibility index (Phi) is 6.22. The van der Waals surface area contributed by atoms with Crippen molar-refractivity contribution in [1.29, 1.82) is 0 Å². The van der Waals surface area contributed by atoms with E-state index in [0.29, 0.717) is 5.69 Å². The molecule has 2 aromatic carbocycles. The fourth-order valence-corrected chi connectivity index (χ4v) is 3.52. The average Bonchev–Trinajstić information content (AvgIpc) is 2.68. The minimum Gasteiger partial charge on any atom is -0.326 e. The van der Waals surface area contributed by atoms with Crippen molar-refractivity contribution < 1.29 is 9.59 Å². The maximum Gasteiger partial charge on any atom is 0.242 e. The van der Waals surface area contributed by atoms with Gasteiger partial charge in [0, 0.05) is 35.6 Å². The van der Waals surface area contributed by atoms with Crippen molar-refractivity contribution in [3.63, 3.8) is 0 Å². The molecule has 0 saturated heterocycles. The number of anilines is 2. The third-order valence-corrected chi connectivity index (χ3v) is 4.98. The molecule has 0 spiro atoms. The topological polar surface area (TPSA) is 71.1 Å². The number of carbonyl (C=O) groups excluding carboxylic acids is 2. The van der Waals surface area contributed by atoms with Crippen LogP contribution in [0.5, 0.6) is 0 Å². The van der Waals surface area contributed by atoms with E-state index in [2.05, 4.69) is 15.6 Å². The van der Waals surface area contributed by atoms with E-state index in [4.69, 9.17) is 0 Å². The number of hydrogen-bond acceptors (Lipinski definition) is 4. The number of hydrogen-bond donors (Lipinski definition) is 2. The number of amides is 2. The molecule has 5 nitrogen and oxygen atoms in total. The second kappa shape index (κ2) is 9.00. The SMILES string of the molecule is CC(=O)Nc1ccc(SC(C(=O)Nc2ccncc2)c2ccccc2)cc1. The van der Waals surface area contributed by atoms with Crippen molar-refractivity contribution in [2.24, 2.45) is 0 Å². The van der Waals surface area contributed by atoms with Crippen LogP contribution < -0.4 is 10.6 Å². The molecule has 0 aliphatic rings. The summed E-state index contributed by atoms with van der Waals surface area (Å²) < 4.78 is 0. The predicted octanol–water partition coefficient (Wildman–Crippen LogP) is 4.51. The van der Waals surface area contributed by atoms with Gasteiger partial charge in [-0.25, -0.2) is 0 Å². The largest absolute Gasteiger partial charge is 0.326 e. The fraction of sp³-hybridized carbons (Fsp3) is 0.0952. The lowest BCUT2D eigenvalue weighted by atomic mass is 10.1. The van der Waals surface area contributed by atoms with Gasteiger partial charge in [-0.1, -0.05) is 30.3 Å². The quantitative estimate of drug-likeness (QED) is 0.620. The molecule has 0 aliphatic heterocycles. The number of thioether (sulfide) groups is 1. The van der Waals surface area contributed by atoms with Crippen molar-refractivity contribution in [3.8, 4) is 0 Å². The molecule has 1 heterocycles. The van der Waals surface area contributed by atoms with Gasteiger partial charge < -0.3 is 10.6 Å². The monoisotopic (exact) mass is 377 g/mol. The van der Waals surface area contributed by atoms with Crippen molar-refractivity contribution in [1.82, 2.24) is 4.98 Å². The summed E-state index contributed by atoms with van der Waals surface area (Å²) in [5.74, 6) is -0.224. The molecule has 0 bridgehead atoms. The van der Waals surface area contributed by atoms with Crippen LogP contribution in [0.25, 0.3) is 0 Å². The first kappa shape index (κ1) is 18.7. The molecule has 136 valence electrons. The summed E-state index contributed by atoms with van der Waals surface area (Å²) in [6.07, 6.45) is 3.28. The molecular formula is C21H19N3O2S. The number of carbonyl (C=O) groups is 2. The Hall–Kier alpha value is -3.12. The van der Waals surface area contributed by atoms with E-state index in [1.807, 2.05) is 54.6 Å². The third kappa shape index (κ3) is 5.43. The Morgan fingerprint density at radius 2 is 1.48 bits per heavy atom. The Labute approximate surface area is 162 Å². The van der Waals surface area contributed by atoms with Gasteiger partial charge in [0.2, 0.25) is 11.8 Å². The van der Waals surface area contributed by atoms with E-state index in [0.717, 1.165) is 16.1 Å². The van der Waals surface area contributed by atoms with Gasteiger partial charge >= 0.3 is 0 Å². The minimum atomic E-state index is -0.411. The number of nitrogens with one attached hydrogen (secondary N) is 2. The number of rotatable bonds is 6. The smallest absolute Gasteiger partial charge is 0.242 e. The highest BCUT2D eigenvalue weighted by Gasteiger charge is 2.22. The molecule has 1 atom stereocenters. The number of benzene rings is 2. The zero-order valence-electron chi connectivity index (χ0n) is 14.8. The van der Waals surface area contributed by atoms with E-state index in [-0.39, 0.29) is 11.8 Å². The molecule has 0 radical (unpaired) electrons. The molecule has 27 heavy (non-hydrogen) atoms. The number of pyridine rings is 1. The van der Waals surface area contributed by atoms with Crippen molar-refractivity contribution >= 4 is 35.0 Å². The Morgan fingerprint density at radius 1 is 0.852 bits per heavy atom. The number of aromatic nitrogens is 1. The second-order valence-electron chi connectivity index (χ2n) is 5.84. The summed E-state index contributed by atoms with van der Waals surface area (Å²) in [5, 5.41) is 5.27. The second-order valence-corrected chi connectivity index (χ2v) is 7.02. The van der Waals surface area contributed by atoms with Crippen LogP contribution in [0, 0.1) is 0 Å². The highest BCUT2D eigenvalue weighted by atomic mass is 32.2. The highest BCUT2D eigenvalue weighted by Crippen LogP contribution is 2.36. The van der Waals surface area contributed by atoms with Gasteiger partial charge in [-0.3, -0.25) is 14.6 Å². The van der Waals surface area contributed by atoms with E-state index in [1.54, 1.807) is 24.5 Å². The van der Waals surface area contributed by atoms with E-state index in [9.17, 15) is 9.59 Å². The Balaban J connectivity index is 1.80. The van der Waals surface area contributed by atoms with Crippen LogP contribution in [-0.4, -0.2) is 16.8 Å². The number of nitrogens with zero attached hydrogens (tertiary/aromatic N) is 1. The lowest BCUT2D eigenvalue weighted by molar-refractivity contribution is -0.116. The predicted molar refractivity (Wildman–Crippen MR) is 109 cm³/mol. The molecule has 0 fully saturated rings. The van der Waals surface area contributed by atoms with Gasteiger partial charge in [0.15, 0.2) is 0 Å². The fourth-order valence-electron chi connectivity index (χ4n) is 2.50. The van der Waals surface area contributed by atoms with Crippen LogP contribution in [0.2, 0.25) is 0 Å². The zero-order chi connectivity index (χ0) is 19.1.